The minimum absolute atomic E-state index is 0.128. The van der Waals surface area contributed by atoms with Crippen LogP contribution in [0.1, 0.15) is 38.8 Å². The molecule has 8 nitrogen and oxygen atoms in total. The third-order valence-corrected chi connectivity index (χ3v) is 6.66. The molecule has 0 aliphatic carbocycles. The molecular weight excluding hydrogens is 480 g/mol. The number of likely N-dealkylation sites (N-methyl/N-ethyl adjacent to an activating group) is 1. The summed E-state index contributed by atoms with van der Waals surface area (Å²) in [5, 5.41) is 8.63. The van der Waals surface area contributed by atoms with Crippen LogP contribution in [0.25, 0.3) is 6.08 Å². The first-order valence-corrected chi connectivity index (χ1v) is 13.1. The Kier molecular flexibility index (Phi) is 10.1. The number of carbonyl (C=O) groups is 3. The molecule has 0 unspecified atom stereocenters. The zero-order valence-corrected chi connectivity index (χ0v) is 23.1. The van der Waals surface area contributed by atoms with E-state index >= 15 is 0 Å². The summed E-state index contributed by atoms with van der Waals surface area (Å²) in [5.41, 5.74) is 1.90. The van der Waals surface area contributed by atoms with Gasteiger partial charge in [0.2, 0.25) is 17.7 Å². The molecule has 3 amide bonds. The summed E-state index contributed by atoms with van der Waals surface area (Å²) in [6, 6.07) is 14.8. The normalized spacial score (nSPS) is 21.9. The van der Waals surface area contributed by atoms with Gasteiger partial charge in [0.15, 0.2) is 0 Å². The van der Waals surface area contributed by atoms with Crippen LogP contribution < -0.4 is 20.7 Å². The van der Waals surface area contributed by atoms with Crippen molar-refractivity contribution in [2.75, 3.05) is 14.1 Å². The highest BCUT2D eigenvalue weighted by atomic mass is 16.5. The molecule has 0 fully saturated rings. The van der Waals surface area contributed by atoms with Gasteiger partial charge in [-0.1, -0.05) is 70.2 Å². The number of amides is 3. The van der Waals surface area contributed by atoms with Crippen LogP contribution in [0.4, 0.5) is 0 Å². The van der Waals surface area contributed by atoms with Crippen LogP contribution in [0.5, 0.6) is 5.75 Å². The SMILES string of the molecule is CC(C)[C@@H]1NC(=O)[C@@H](NC(=O)[C@H](Cc2ccccc2)N(C)C)[C@H](C(C)C)Oc2ccc(cc2)/C=C\NC1=O. The molecule has 2 aliphatic heterocycles. The molecule has 4 atom stereocenters. The Morgan fingerprint density at radius 2 is 1.61 bits per heavy atom. The summed E-state index contributed by atoms with van der Waals surface area (Å²) in [5.74, 6) is -0.819. The van der Waals surface area contributed by atoms with Crippen molar-refractivity contribution in [2.45, 2.75) is 58.3 Å². The third-order valence-electron chi connectivity index (χ3n) is 6.66. The Hall–Kier alpha value is -3.65. The summed E-state index contributed by atoms with van der Waals surface area (Å²) >= 11 is 0. The van der Waals surface area contributed by atoms with E-state index < -0.39 is 30.1 Å². The molecule has 3 N–H and O–H groups in total. The predicted octanol–water partition coefficient (Wildman–Crippen LogP) is 2.99. The quantitative estimate of drug-likeness (QED) is 0.521. The number of hydrogen-bond donors (Lipinski definition) is 3. The highest BCUT2D eigenvalue weighted by Crippen LogP contribution is 2.21. The van der Waals surface area contributed by atoms with Crippen molar-refractivity contribution in [3.63, 3.8) is 0 Å². The molecule has 0 spiro atoms. The number of benzene rings is 2. The average molecular weight is 521 g/mol. The van der Waals surface area contributed by atoms with Crippen LogP contribution in [0.3, 0.4) is 0 Å². The van der Waals surface area contributed by atoms with E-state index in [1.807, 2.05) is 101 Å². The lowest BCUT2D eigenvalue weighted by Crippen LogP contribution is -2.62. The summed E-state index contributed by atoms with van der Waals surface area (Å²) in [7, 11) is 3.68. The van der Waals surface area contributed by atoms with E-state index in [1.165, 1.54) is 0 Å². The molecule has 0 radical (unpaired) electrons. The molecular formula is C30H40N4O4. The molecule has 4 rings (SSSR count). The van der Waals surface area contributed by atoms with Crippen LogP contribution in [-0.4, -0.2) is 60.9 Å². The zero-order chi connectivity index (χ0) is 27.8. The molecule has 2 heterocycles. The molecule has 0 aromatic heterocycles. The van der Waals surface area contributed by atoms with E-state index in [1.54, 1.807) is 12.3 Å². The second kappa shape index (κ2) is 13.2. The topological polar surface area (TPSA) is 99.8 Å². The van der Waals surface area contributed by atoms with Gasteiger partial charge in [-0.3, -0.25) is 19.3 Å². The maximum Gasteiger partial charge on any atom is 0.247 e. The van der Waals surface area contributed by atoms with Crippen molar-refractivity contribution in [3.05, 3.63) is 71.9 Å². The fraction of sp³-hybridized carbons (Fsp3) is 0.433. The highest BCUT2D eigenvalue weighted by Gasteiger charge is 2.38. The van der Waals surface area contributed by atoms with E-state index in [-0.39, 0.29) is 23.7 Å². The van der Waals surface area contributed by atoms with Crippen molar-refractivity contribution in [2.24, 2.45) is 11.8 Å². The van der Waals surface area contributed by atoms with Gasteiger partial charge in [0.25, 0.3) is 0 Å². The minimum atomic E-state index is -1.03. The van der Waals surface area contributed by atoms with Crippen molar-refractivity contribution < 1.29 is 19.1 Å². The fourth-order valence-corrected chi connectivity index (χ4v) is 4.38. The number of fused-ring (bicyclic) bond motifs is 10. The second-order valence-corrected chi connectivity index (χ2v) is 10.6. The second-order valence-electron chi connectivity index (χ2n) is 10.6. The summed E-state index contributed by atoms with van der Waals surface area (Å²) in [6.07, 6.45) is 3.14. The van der Waals surface area contributed by atoms with Gasteiger partial charge in [0.1, 0.15) is 23.9 Å². The van der Waals surface area contributed by atoms with E-state index in [9.17, 15) is 14.4 Å². The Morgan fingerprint density at radius 3 is 2.18 bits per heavy atom. The Bertz CT molecular complexity index is 1110. The fourth-order valence-electron chi connectivity index (χ4n) is 4.38. The van der Waals surface area contributed by atoms with Gasteiger partial charge in [-0.05, 0) is 61.7 Å². The maximum absolute atomic E-state index is 13.8. The number of rotatable bonds is 7. The lowest BCUT2D eigenvalue weighted by Gasteiger charge is -2.34. The van der Waals surface area contributed by atoms with E-state index in [4.69, 9.17) is 4.74 Å². The Labute approximate surface area is 225 Å². The van der Waals surface area contributed by atoms with Gasteiger partial charge in [-0.2, -0.15) is 0 Å². The Morgan fingerprint density at radius 1 is 0.947 bits per heavy atom. The first-order valence-electron chi connectivity index (χ1n) is 13.1. The van der Waals surface area contributed by atoms with Crippen molar-refractivity contribution in [1.82, 2.24) is 20.9 Å². The molecule has 0 saturated heterocycles. The molecule has 204 valence electrons. The average Bonchev–Trinajstić information content (AvgIpc) is 2.88. The minimum Gasteiger partial charge on any atom is -0.487 e. The largest absolute Gasteiger partial charge is 0.487 e. The number of hydrogen-bond acceptors (Lipinski definition) is 5. The first kappa shape index (κ1) is 28.9. The third kappa shape index (κ3) is 7.68. The molecule has 2 aromatic rings. The molecule has 0 saturated carbocycles. The summed E-state index contributed by atoms with van der Waals surface area (Å²) < 4.78 is 6.32. The number of ether oxygens (including phenoxy) is 1. The smallest absolute Gasteiger partial charge is 0.247 e. The maximum atomic E-state index is 13.8. The summed E-state index contributed by atoms with van der Waals surface area (Å²) in [4.78, 5) is 42.3. The van der Waals surface area contributed by atoms with E-state index in [2.05, 4.69) is 16.0 Å². The number of nitrogens with one attached hydrogen (secondary N) is 3. The number of carbonyl (C=O) groups excluding carboxylic acids is 3. The zero-order valence-electron chi connectivity index (χ0n) is 23.1. The first-order chi connectivity index (χ1) is 18.1. The lowest BCUT2D eigenvalue weighted by atomic mass is 9.95. The van der Waals surface area contributed by atoms with Crippen LogP contribution >= 0.6 is 0 Å². The van der Waals surface area contributed by atoms with Crippen LogP contribution in [-0.2, 0) is 20.8 Å². The van der Waals surface area contributed by atoms with Crippen LogP contribution in [0.15, 0.2) is 60.8 Å². The number of nitrogens with zero attached hydrogens (tertiary/aromatic N) is 1. The van der Waals surface area contributed by atoms with Crippen LogP contribution in [0, 0.1) is 11.8 Å². The monoisotopic (exact) mass is 520 g/mol. The van der Waals surface area contributed by atoms with Gasteiger partial charge in [0.05, 0.1) is 6.04 Å². The van der Waals surface area contributed by atoms with E-state index in [0.29, 0.717) is 12.2 Å². The van der Waals surface area contributed by atoms with Gasteiger partial charge in [-0.15, -0.1) is 0 Å². The Balaban J connectivity index is 1.98. The van der Waals surface area contributed by atoms with Crippen molar-refractivity contribution >= 4 is 23.8 Å². The molecule has 38 heavy (non-hydrogen) atoms. The lowest BCUT2D eigenvalue weighted by molar-refractivity contribution is -0.136. The highest BCUT2D eigenvalue weighted by molar-refractivity contribution is 5.94. The van der Waals surface area contributed by atoms with Crippen molar-refractivity contribution in [1.29, 1.82) is 0 Å². The molecule has 8 heteroatoms. The van der Waals surface area contributed by atoms with Crippen molar-refractivity contribution in [3.8, 4) is 5.75 Å². The van der Waals surface area contributed by atoms with E-state index in [0.717, 1.165) is 11.1 Å². The van der Waals surface area contributed by atoms with Gasteiger partial charge in [-0.25, -0.2) is 0 Å². The standard InChI is InChI=1S/C30H40N4O4/c1-19(2)25-29(36)31-17-16-21-12-14-23(15-13-21)38-27(20(3)4)26(30(37)32-25)33-28(35)24(34(5)6)18-22-10-8-7-9-11-22/h7-17,19-20,24-27H,18H2,1-6H3,(H,31,36)(H,32,37)(H,33,35)/b17-16-/t24-,25-,26-,27-/m0/s1. The molecule has 2 aromatic carbocycles. The molecule has 2 aliphatic rings. The van der Waals surface area contributed by atoms with Gasteiger partial charge < -0.3 is 20.7 Å². The van der Waals surface area contributed by atoms with Gasteiger partial charge in [0, 0.05) is 6.20 Å². The molecule has 2 bridgehead atoms. The van der Waals surface area contributed by atoms with Crippen LogP contribution in [0.2, 0.25) is 0 Å². The van der Waals surface area contributed by atoms with Gasteiger partial charge >= 0.3 is 0 Å². The summed E-state index contributed by atoms with van der Waals surface area (Å²) in [6.45, 7) is 7.61. The predicted molar refractivity (Wildman–Crippen MR) is 149 cm³/mol.